The summed E-state index contributed by atoms with van der Waals surface area (Å²) in [5.41, 5.74) is -0.167. The van der Waals surface area contributed by atoms with Gasteiger partial charge in [-0.05, 0) is 26.0 Å². The maximum atomic E-state index is 12.1. The Bertz CT molecular complexity index is 633. The van der Waals surface area contributed by atoms with Crippen LogP contribution in [0.3, 0.4) is 0 Å². The van der Waals surface area contributed by atoms with Crippen LogP contribution in [-0.2, 0) is 14.8 Å². The summed E-state index contributed by atoms with van der Waals surface area (Å²) in [6.45, 7) is 4.88. The molecule has 1 N–H and O–H groups in total. The van der Waals surface area contributed by atoms with Crippen molar-refractivity contribution in [3.8, 4) is 6.07 Å². The predicted octanol–water partition coefficient (Wildman–Crippen LogP) is 0.490. The third-order valence-corrected chi connectivity index (χ3v) is 4.41. The lowest BCUT2D eigenvalue weighted by molar-refractivity contribution is -0.130. The Labute approximate surface area is 124 Å². The first kappa shape index (κ1) is 17.1. The summed E-state index contributed by atoms with van der Waals surface area (Å²) in [4.78, 5) is 16.9. The summed E-state index contributed by atoms with van der Waals surface area (Å²) in [6, 6.07) is 4.48. The molecule has 0 aliphatic carbocycles. The second-order valence-electron chi connectivity index (χ2n) is 4.18. The minimum atomic E-state index is -3.84. The fraction of sp³-hybridized carbons (Fsp3) is 0.462. The zero-order valence-corrected chi connectivity index (χ0v) is 12.9. The summed E-state index contributed by atoms with van der Waals surface area (Å²) in [5.74, 6) is -0.116. The number of hydrogen-bond acceptors (Lipinski definition) is 5. The molecule has 0 saturated heterocycles. The zero-order valence-electron chi connectivity index (χ0n) is 12.0. The monoisotopic (exact) mass is 310 g/mol. The summed E-state index contributed by atoms with van der Waals surface area (Å²) in [6.07, 6.45) is 1.42. The van der Waals surface area contributed by atoms with Crippen LogP contribution in [0.4, 0.5) is 0 Å². The van der Waals surface area contributed by atoms with Crippen LogP contribution >= 0.6 is 0 Å². The lowest BCUT2D eigenvalue weighted by Gasteiger charge is -2.18. The van der Waals surface area contributed by atoms with Crippen LogP contribution < -0.4 is 4.72 Å². The fourth-order valence-corrected chi connectivity index (χ4v) is 2.93. The number of carbonyl (C=O) groups is 1. The van der Waals surface area contributed by atoms with Crippen molar-refractivity contribution in [1.29, 1.82) is 5.26 Å². The van der Waals surface area contributed by atoms with Gasteiger partial charge < -0.3 is 4.90 Å². The summed E-state index contributed by atoms with van der Waals surface area (Å²) >= 11 is 0. The van der Waals surface area contributed by atoms with Crippen molar-refractivity contribution < 1.29 is 13.2 Å². The van der Waals surface area contributed by atoms with Crippen molar-refractivity contribution in [2.75, 3.05) is 19.6 Å². The van der Waals surface area contributed by atoms with E-state index in [1.54, 1.807) is 11.0 Å². The number of nitriles is 1. The molecule has 1 aromatic rings. The number of rotatable bonds is 7. The molecule has 1 aromatic heterocycles. The normalized spacial score (nSPS) is 10.9. The molecule has 21 heavy (non-hydrogen) atoms. The molecule has 0 saturated carbocycles. The quantitative estimate of drug-likeness (QED) is 0.789. The lowest BCUT2D eigenvalue weighted by atomic mass is 10.3. The number of hydrogen-bond donors (Lipinski definition) is 1. The Morgan fingerprint density at radius 1 is 1.43 bits per heavy atom. The van der Waals surface area contributed by atoms with E-state index in [1.165, 1.54) is 18.3 Å². The van der Waals surface area contributed by atoms with Crippen LogP contribution in [0.2, 0.25) is 0 Å². The maximum absolute atomic E-state index is 12.1. The molecule has 0 spiro atoms. The molecule has 0 aliphatic heterocycles. The first-order chi connectivity index (χ1) is 9.96. The molecule has 8 heteroatoms. The molecule has 1 rings (SSSR count). The Kier molecular flexibility index (Phi) is 6.27. The smallest absolute Gasteiger partial charge is 0.243 e. The number of amides is 1. The third kappa shape index (κ3) is 4.51. The van der Waals surface area contributed by atoms with E-state index < -0.39 is 10.0 Å². The maximum Gasteiger partial charge on any atom is 0.243 e. The van der Waals surface area contributed by atoms with Crippen LogP contribution in [0.25, 0.3) is 0 Å². The van der Waals surface area contributed by atoms with E-state index in [2.05, 4.69) is 9.71 Å². The van der Waals surface area contributed by atoms with Crippen LogP contribution in [0.1, 0.15) is 26.0 Å². The molecule has 1 heterocycles. The highest BCUT2D eigenvalue weighted by Gasteiger charge is 2.19. The van der Waals surface area contributed by atoms with Gasteiger partial charge in [-0.3, -0.25) is 4.79 Å². The van der Waals surface area contributed by atoms with Crippen LogP contribution in [0, 0.1) is 11.3 Å². The third-order valence-electron chi connectivity index (χ3n) is 2.91. The van der Waals surface area contributed by atoms with Crippen molar-refractivity contribution >= 4 is 15.9 Å². The average Bonchev–Trinajstić information content (AvgIpc) is 2.48. The van der Waals surface area contributed by atoms with Gasteiger partial charge >= 0.3 is 0 Å². The van der Waals surface area contributed by atoms with E-state index in [1.807, 2.05) is 13.8 Å². The predicted molar refractivity (Wildman–Crippen MR) is 76.7 cm³/mol. The van der Waals surface area contributed by atoms with Crippen LogP contribution in [0.15, 0.2) is 23.2 Å². The van der Waals surface area contributed by atoms with Gasteiger partial charge in [0.2, 0.25) is 15.9 Å². The van der Waals surface area contributed by atoms with E-state index in [4.69, 9.17) is 5.26 Å². The highest BCUT2D eigenvalue weighted by molar-refractivity contribution is 7.89. The Morgan fingerprint density at radius 3 is 2.67 bits per heavy atom. The van der Waals surface area contributed by atoms with Gasteiger partial charge in [-0.25, -0.2) is 18.1 Å². The van der Waals surface area contributed by atoms with E-state index >= 15 is 0 Å². The number of pyridine rings is 1. The number of carbonyl (C=O) groups excluding carboxylic acids is 1. The number of aromatic nitrogens is 1. The largest absolute Gasteiger partial charge is 0.343 e. The van der Waals surface area contributed by atoms with Crippen molar-refractivity contribution in [3.63, 3.8) is 0 Å². The lowest BCUT2D eigenvalue weighted by Crippen LogP contribution is -2.34. The topological polar surface area (TPSA) is 103 Å². The van der Waals surface area contributed by atoms with Gasteiger partial charge in [0.05, 0.1) is 0 Å². The molecule has 0 unspecified atom stereocenters. The van der Waals surface area contributed by atoms with E-state index in [9.17, 15) is 13.2 Å². The van der Waals surface area contributed by atoms with E-state index in [-0.39, 0.29) is 29.5 Å². The fourth-order valence-electron chi connectivity index (χ4n) is 1.80. The standard InChI is InChI=1S/C13H18N4O3S/c1-3-17(4-2)13(18)7-9-16-21(19,20)12-6-5-8-15-11(12)10-14/h5-6,8,16H,3-4,7,9H2,1-2H3. The van der Waals surface area contributed by atoms with Gasteiger partial charge in [0.15, 0.2) is 5.69 Å². The molecule has 0 radical (unpaired) electrons. The van der Waals surface area contributed by atoms with Crippen LogP contribution in [0.5, 0.6) is 0 Å². The van der Waals surface area contributed by atoms with Gasteiger partial charge in [0, 0.05) is 32.3 Å². The zero-order chi connectivity index (χ0) is 15.9. The summed E-state index contributed by atoms with van der Waals surface area (Å²) in [5, 5.41) is 8.87. The average molecular weight is 310 g/mol. The highest BCUT2D eigenvalue weighted by Crippen LogP contribution is 2.11. The molecule has 0 atom stereocenters. The van der Waals surface area contributed by atoms with Gasteiger partial charge in [-0.15, -0.1) is 0 Å². The van der Waals surface area contributed by atoms with Crippen molar-refractivity contribution in [2.24, 2.45) is 0 Å². The number of nitrogens with one attached hydrogen (secondary N) is 1. The van der Waals surface area contributed by atoms with Crippen molar-refractivity contribution in [3.05, 3.63) is 24.0 Å². The summed E-state index contributed by atoms with van der Waals surface area (Å²) in [7, 11) is -3.84. The minimum Gasteiger partial charge on any atom is -0.343 e. The minimum absolute atomic E-state index is 0.0164. The van der Waals surface area contributed by atoms with E-state index in [0.29, 0.717) is 13.1 Å². The Balaban J connectivity index is 2.71. The molecule has 0 aliphatic rings. The molecule has 0 fully saturated rings. The van der Waals surface area contributed by atoms with E-state index in [0.717, 1.165) is 0 Å². The second kappa shape index (κ2) is 7.71. The van der Waals surface area contributed by atoms with Crippen LogP contribution in [-0.4, -0.2) is 43.8 Å². The molecule has 7 nitrogen and oxygen atoms in total. The Morgan fingerprint density at radius 2 is 2.10 bits per heavy atom. The number of sulfonamides is 1. The SMILES string of the molecule is CCN(CC)C(=O)CCNS(=O)(=O)c1cccnc1C#N. The Hall–Kier alpha value is -1.98. The summed E-state index contributed by atoms with van der Waals surface area (Å²) < 4.78 is 26.5. The van der Waals surface area contributed by atoms with Gasteiger partial charge in [0.1, 0.15) is 11.0 Å². The van der Waals surface area contributed by atoms with Crippen molar-refractivity contribution in [2.45, 2.75) is 25.2 Å². The van der Waals surface area contributed by atoms with Gasteiger partial charge in [0.25, 0.3) is 0 Å². The molecule has 1 amide bonds. The van der Waals surface area contributed by atoms with Crippen molar-refractivity contribution in [1.82, 2.24) is 14.6 Å². The first-order valence-electron chi connectivity index (χ1n) is 6.58. The number of nitrogens with zero attached hydrogens (tertiary/aromatic N) is 3. The molecule has 114 valence electrons. The first-order valence-corrected chi connectivity index (χ1v) is 8.07. The second-order valence-corrected chi connectivity index (χ2v) is 5.91. The van der Waals surface area contributed by atoms with Gasteiger partial charge in [-0.1, -0.05) is 0 Å². The molecule has 0 aromatic carbocycles. The molecule has 0 bridgehead atoms. The highest BCUT2D eigenvalue weighted by atomic mass is 32.2. The van der Waals surface area contributed by atoms with Gasteiger partial charge in [-0.2, -0.15) is 5.26 Å². The molecular formula is C13H18N4O3S. The molecular weight excluding hydrogens is 292 g/mol.